The molecule has 0 spiro atoms. The molecule has 1 N–H and O–H groups in total. The van der Waals surface area contributed by atoms with Gasteiger partial charge in [-0.25, -0.2) is 8.42 Å². The predicted molar refractivity (Wildman–Crippen MR) is 87.4 cm³/mol. The standard InChI is InChI=1S/C16H24N2O3S/c1-12-10-18(11-13(2)17-12)16(19)15(22(3,20)21)9-14-7-5-4-6-8-14/h4-8,12-13,15,17H,9-11H2,1-3H3/t12-,13-,15-/m1/s1. The van der Waals surface area contributed by atoms with E-state index in [-0.39, 0.29) is 24.4 Å². The second kappa shape index (κ2) is 6.79. The SMILES string of the molecule is C[C@@H]1CN(C(=O)[C@@H](Cc2ccccc2)S(C)(=O)=O)C[C@@H](C)N1. The molecule has 1 aliphatic heterocycles. The third-order valence-corrected chi connectivity index (χ3v) is 5.33. The summed E-state index contributed by atoms with van der Waals surface area (Å²) < 4.78 is 24.2. The van der Waals surface area contributed by atoms with Gasteiger partial charge in [0.2, 0.25) is 5.91 Å². The van der Waals surface area contributed by atoms with E-state index in [0.29, 0.717) is 13.1 Å². The van der Waals surface area contributed by atoms with E-state index in [1.165, 1.54) is 0 Å². The third kappa shape index (κ3) is 4.30. The van der Waals surface area contributed by atoms with Crippen LogP contribution in [-0.2, 0) is 21.1 Å². The molecule has 1 fully saturated rings. The number of amides is 1. The zero-order chi connectivity index (χ0) is 16.3. The van der Waals surface area contributed by atoms with Crippen molar-refractivity contribution in [2.24, 2.45) is 0 Å². The van der Waals surface area contributed by atoms with Crippen LogP contribution in [0.5, 0.6) is 0 Å². The topological polar surface area (TPSA) is 66.5 Å². The van der Waals surface area contributed by atoms with Crippen LogP contribution in [0.2, 0.25) is 0 Å². The molecule has 0 unspecified atom stereocenters. The number of hydrogen-bond acceptors (Lipinski definition) is 4. The summed E-state index contributed by atoms with van der Waals surface area (Å²) in [5.41, 5.74) is 0.863. The average molecular weight is 324 g/mol. The van der Waals surface area contributed by atoms with Crippen LogP contribution in [0.15, 0.2) is 30.3 Å². The van der Waals surface area contributed by atoms with Gasteiger partial charge in [-0.2, -0.15) is 0 Å². The first-order valence-electron chi connectivity index (χ1n) is 7.55. The van der Waals surface area contributed by atoms with Crippen LogP contribution in [0.1, 0.15) is 19.4 Å². The van der Waals surface area contributed by atoms with Gasteiger partial charge in [0.1, 0.15) is 5.25 Å². The molecular weight excluding hydrogens is 300 g/mol. The zero-order valence-corrected chi connectivity index (χ0v) is 14.1. The second-order valence-corrected chi connectivity index (χ2v) is 8.45. The Balaban J connectivity index is 2.20. The summed E-state index contributed by atoms with van der Waals surface area (Å²) in [6.07, 6.45) is 1.37. The zero-order valence-electron chi connectivity index (χ0n) is 13.3. The summed E-state index contributed by atoms with van der Waals surface area (Å²) in [5.74, 6) is -0.286. The fourth-order valence-corrected chi connectivity index (χ4v) is 3.97. The van der Waals surface area contributed by atoms with Crippen LogP contribution >= 0.6 is 0 Å². The number of piperazine rings is 1. The van der Waals surface area contributed by atoms with Gasteiger partial charge in [-0.05, 0) is 25.8 Å². The molecule has 1 aromatic rings. The van der Waals surface area contributed by atoms with Crippen LogP contribution in [0.3, 0.4) is 0 Å². The summed E-state index contributed by atoms with van der Waals surface area (Å²) in [6.45, 7) is 5.10. The molecule has 1 saturated heterocycles. The van der Waals surface area contributed by atoms with Crippen molar-refractivity contribution >= 4 is 15.7 Å². The maximum atomic E-state index is 12.8. The first-order chi connectivity index (χ1) is 10.3. The maximum absolute atomic E-state index is 12.8. The van der Waals surface area contributed by atoms with Gasteiger partial charge in [0.15, 0.2) is 9.84 Å². The normalized spacial score (nSPS) is 24.0. The van der Waals surface area contributed by atoms with Gasteiger partial charge >= 0.3 is 0 Å². The van der Waals surface area contributed by atoms with E-state index in [9.17, 15) is 13.2 Å². The Morgan fingerprint density at radius 2 is 1.77 bits per heavy atom. The largest absolute Gasteiger partial charge is 0.338 e. The minimum absolute atomic E-state index is 0.171. The molecule has 1 aromatic carbocycles. The highest BCUT2D eigenvalue weighted by Gasteiger charge is 2.35. The number of rotatable bonds is 4. The monoisotopic (exact) mass is 324 g/mol. The Morgan fingerprint density at radius 1 is 1.23 bits per heavy atom. The second-order valence-electron chi connectivity index (χ2n) is 6.22. The maximum Gasteiger partial charge on any atom is 0.241 e. The number of carbonyl (C=O) groups excluding carboxylic acids is 1. The Bertz CT molecular complexity index is 606. The Morgan fingerprint density at radius 3 is 2.27 bits per heavy atom. The van der Waals surface area contributed by atoms with Crippen molar-refractivity contribution in [2.45, 2.75) is 37.6 Å². The molecular formula is C16H24N2O3S. The van der Waals surface area contributed by atoms with Gasteiger partial charge in [-0.3, -0.25) is 4.79 Å². The predicted octanol–water partition coefficient (Wildman–Crippen LogP) is 0.851. The van der Waals surface area contributed by atoms with E-state index in [2.05, 4.69) is 5.32 Å². The van der Waals surface area contributed by atoms with Crippen molar-refractivity contribution in [3.8, 4) is 0 Å². The fourth-order valence-electron chi connectivity index (χ4n) is 2.96. The molecule has 1 aliphatic rings. The molecule has 3 atom stereocenters. The number of nitrogens with one attached hydrogen (secondary N) is 1. The van der Waals surface area contributed by atoms with E-state index >= 15 is 0 Å². The smallest absolute Gasteiger partial charge is 0.241 e. The Kier molecular flexibility index (Phi) is 5.24. The Hall–Kier alpha value is -1.40. The first kappa shape index (κ1) is 17.0. The molecule has 0 aliphatic carbocycles. The molecule has 1 heterocycles. The van der Waals surface area contributed by atoms with Gasteiger partial charge in [0.05, 0.1) is 0 Å². The van der Waals surface area contributed by atoms with Crippen molar-refractivity contribution < 1.29 is 13.2 Å². The van der Waals surface area contributed by atoms with E-state index < -0.39 is 15.1 Å². The number of sulfone groups is 1. The third-order valence-electron chi connectivity index (χ3n) is 3.93. The molecule has 6 heteroatoms. The van der Waals surface area contributed by atoms with Crippen LogP contribution in [0, 0.1) is 0 Å². The first-order valence-corrected chi connectivity index (χ1v) is 9.50. The van der Waals surface area contributed by atoms with Crippen molar-refractivity contribution in [1.29, 1.82) is 0 Å². The highest BCUT2D eigenvalue weighted by Crippen LogP contribution is 2.15. The number of benzene rings is 1. The highest BCUT2D eigenvalue weighted by molar-refractivity contribution is 7.92. The summed E-state index contributed by atoms with van der Waals surface area (Å²) in [4.78, 5) is 14.4. The van der Waals surface area contributed by atoms with Gasteiger partial charge in [0.25, 0.3) is 0 Å². The fraction of sp³-hybridized carbons (Fsp3) is 0.562. The summed E-state index contributed by atoms with van der Waals surface area (Å²) in [5, 5.41) is 2.34. The van der Waals surface area contributed by atoms with Crippen LogP contribution in [-0.4, -0.2) is 55.9 Å². The van der Waals surface area contributed by atoms with Gasteiger partial charge in [-0.15, -0.1) is 0 Å². The quantitative estimate of drug-likeness (QED) is 0.892. The van der Waals surface area contributed by atoms with Crippen molar-refractivity contribution in [1.82, 2.24) is 10.2 Å². The minimum Gasteiger partial charge on any atom is -0.338 e. The van der Waals surface area contributed by atoms with Crippen molar-refractivity contribution in [3.05, 3.63) is 35.9 Å². The number of hydrogen-bond donors (Lipinski definition) is 1. The number of carbonyl (C=O) groups is 1. The van der Waals surface area contributed by atoms with Crippen molar-refractivity contribution in [2.75, 3.05) is 19.3 Å². The lowest BCUT2D eigenvalue weighted by Gasteiger charge is -2.37. The van der Waals surface area contributed by atoms with Gasteiger partial charge in [0, 0.05) is 31.4 Å². The molecule has 22 heavy (non-hydrogen) atoms. The highest BCUT2D eigenvalue weighted by atomic mass is 32.2. The minimum atomic E-state index is -3.46. The summed E-state index contributed by atoms with van der Waals surface area (Å²) >= 11 is 0. The summed E-state index contributed by atoms with van der Waals surface area (Å²) in [7, 11) is -3.46. The molecule has 1 amide bonds. The van der Waals surface area contributed by atoms with E-state index in [1.54, 1.807) is 4.90 Å². The van der Waals surface area contributed by atoms with Crippen LogP contribution < -0.4 is 5.32 Å². The van der Waals surface area contributed by atoms with E-state index in [4.69, 9.17) is 0 Å². The van der Waals surface area contributed by atoms with Gasteiger partial charge in [-0.1, -0.05) is 30.3 Å². The van der Waals surface area contributed by atoms with Crippen LogP contribution in [0.25, 0.3) is 0 Å². The van der Waals surface area contributed by atoms with Gasteiger partial charge < -0.3 is 10.2 Å². The lowest BCUT2D eigenvalue weighted by molar-refractivity contribution is -0.132. The molecule has 2 rings (SSSR count). The number of nitrogens with zero attached hydrogens (tertiary/aromatic N) is 1. The average Bonchev–Trinajstić information content (AvgIpc) is 2.43. The Labute approximate surface area is 132 Å². The molecule has 0 radical (unpaired) electrons. The molecule has 0 bridgehead atoms. The van der Waals surface area contributed by atoms with E-state index in [0.717, 1.165) is 11.8 Å². The van der Waals surface area contributed by atoms with Crippen molar-refractivity contribution in [3.63, 3.8) is 0 Å². The van der Waals surface area contributed by atoms with E-state index in [1.807, 2.05) is 44.2 Å². The lowest BCUT2D eigenvalue weighted by Crippen LogP contribution is -2.58. The molecule has 5 nitrogen and oxygen atoms in total. The summed E-state index contributed by atoms with van der Waals surface area (Å²) in [6, 6.07) is 9.64. The molecule has 0 saturated carbocycles. The lowest BCUT2D eigenvalue weighted by atomic mass is 10.1. The van der Waals surface area contributed by atoms with Crippen LogP contribution in [0.4, 0.5) is 0 Å². The molecule has 122 valence electrons. The molecule has 0 aromatic heterocycles.